The Morgan fingerprint density at radius 1 is 1.77 bits per heavy atom. The van der Waals surface area contributed by atoms with Gasteiger partial charge in [0.2, 0.25) is 0 Å². The smallest absolute Gasteiger partial charge is 0.142 e. The molecule has 0 spiro atoms. The topological polar surface area (TPSA) is 68.9 Å². The summed E-state index contributed by atoms with van der Waals surface area (Å²) in [5.41, 5.74) is 1.17. The van der Waals surface area contributed by atoms with Crippen molar-refractivity contribution in [3.63, 3.8) is 0 Å². The Morgan fingerprint density at radius 2 is 2.54 bits per heavy atom. The van der Waals surface area contributed by atoms with Crippen LogP contribution < -0.4 is 5.32 Å². The molecule has 0 aliphatic rings. The Morgan fingerprint density at radius 3 is 3.15 bits per heavy atom. The molecule has 1 aromatic heterocycles. The largest absolute Gasteiger partial charge is 0.392 e. The van der Waals surface area contributed by atoms with Gasteiger partial charge in [-0.15, -0.1) is 0 Å². The lowest BCUT2D eigenvalue weighted by molar-refractivity contribution is 0.208. The van der Waals surface area contributed by atoms with Gasteiger partial charge in [0.15, 0.2) is 0 Å². The number of anilines is 1. The second-order valence-corrected chi connectivity index (χ2v) is 2.77. The molecule has 0 aliphatic carbocycles. The third kappa shape index (κ3) is 3.09. The van der Waals surface area contributed by atoms with E-state index in [4.69, 9.17) is 10.4 Å². The molecular formula is C9H11N3O. The number of aliphatic hydroxyl groups excluding tert-OH is 1. The van der Waals surface area contributed by atoms with Crippen molar-refractivity contribution in [2.75, 3.05) is 11.9 Å². The van der Waals surface area contributed by atoms with E-state index >= 15 is 0 Å². The third-order valence-electron chi connectivity index (χ3n) is 1.48. The van der Waals surface area contributed by atoms with Crippen LogP contribution in [-0.4, -0.2) is 22.7 Å². The van der Waals surface area contributed by atoms with Gasteiger partial charge in [-0.2, -0.15) is 5.26 Å². The van der Waals surface area contributed by atoms with Crippen LogP contribution in [0.5, 0.6) is 0 Å². The fourth-order valence-corrected chi connectivity index (χ4v) is 0.867. The number of rotatable bonds is 3. The number of nitrogens with zero attached hydrogens (tertiary/aromatic N) is 2. The molecule has 0 radical (unpaired) electrons. The van der Waals surface area contributed by atoms with Crippen molar-refractivity contribution < 1.29 is 5.11 Å². The average Bonchev–Trinajstić information content (AvgIpc) is 2.15. The van der Waals surface area contributed by atoms with Crippen LogP contribution >= 0.6 is 0 Å². The predicted octanol–water partition coefficient (Wildman–Crippen LogP) is 0.746. The van der Waals surface area contributed by atoms with Crippen LogP contribution in [0.3, 0.4) is 0 Å². The first kappa shape index (κ1) is 9.49. The number of nitriles is 1. The maximum Gasteiger partial charge on any atom is 0.142 e. The molecule has 0 aliphatic heterocycles. The Bertz CT molecular complexity index is 317. The summed E-state index contributed by atoms with van der Waals surface area (Å²) in [5, 5.41) is 20.5. The van der Waals surface area contributed by atoms with Gasteiger partial charge in [-0.3, -0.25) is 0 Å². The Hall–Kier alpha value is -1.60. The highest BCUT2D eigenvalue weighted by Gasteiger charge is 1.97. The van der Waals surface area contributed by atoms with Gasteiger partial charge in [-0.1, -0.05) is 0 Å². The number of hydrogen-bond donors (Lipinski definition) is 2. The van der Waals surface area contributed by atoms with Gasteiger partial charge in [-0.05, 0) is 19.1 Å². The minimum Gasteiger partial charge on any atom is -0.392 e. The molecule has 1 unspecified atom stereocenters. The van der Waals surface area contributed by atoms with Crippen molar-refractivity contribution >= 4 is 5.69 Å². The summed E-state index contributed by atoms with van der Waals surface area (Å²) in [6.45, 7) is 2.16. The maximum atomic E-state index is 9.00. The summed E-state index contributed by atoms with van der Waals surface area (Å²) in [5.74, 6) is 0. The monoisotopic (exact) mass is 177 g/mol. The van der Waals surface area contributed by atoms with Gasteiger partial charge in [0.1, 0.15) is 11.8 Å². The summed E-state index contributed by atoms with van der Waals surface area (Å²) in [6.07, 6.45) is 1.15. The zero-order valence-electron chi connectivity index (χ0n) is 7.36. The molecular weight excluding hydrogens is 166 g/mol. The lowest BCUT2D eigenvalue weighted by Crippen LogP contribution is -2.15. The van der Waals surface area contributed by atoms with E-state index in [0.717, 1.165) is 5.69 Å². The van der Waals surface area contributed by atoms with E-state index in [9.17, 15) is 0 Å². The Balaban J connectivity index is 2.63. The molecule has 0 aromatic carbocycles. The van der Waals surface area contributed by atoms with E-state index in [-0.39, 0.29) is 0 Å². The third-order valence-corrected chi connectivity index (χ3v) is 1.48. The van der Waals surface area contributed by atoms with Crippen molar-refractivity contribution in [2.24, 2.45) is 0 Å². The lowest BCUT2D eigenvalue weighted by atomic mass is 10.3. The standard InChI is InChI=1S/C9H11N3O/c1-7(13)6-12-8-2-3-11-9(4-8)5-10/h2-4,7,13H,6H2,1H3,(H,11,12). The molecule has 0 bridgehead atoms. The van der Waals surface area contributed by atoms with Crippen LogP contribution in [0.15, 0.2) is 18.3 Å². The molecule has 0 saturated carbocycles. The lowest BCUT2D eigenvalue weighted by Gasteiger charge is -2.07. The molecule has 0 fully saturated rings. The van der Waals surface area contributed by atoms with Crippen LogP contribution in [0, 0.1) is 11.3 Å². The van der Waals surface area contributed by atoms with Crippen molar-refractivity contribution in [1.29, 1.82) is 5.26 Å². The molecule has 4 nitrogen and oxygen atoms in total. The summed E-state index contributed by atoms with van der Waals surface area (Å²) < 4.78 is 0. The van der Waals surface area contributed by atoms with E-state index in [1.54, 1.807) is 25.3 Å². The van der Waals surface area contributed by atoms with Crippen molar-refractivity contribution in [2.45, 2.75) is 13.0 Å². The van der Waals surface area contributed by atoms with Gasteiger partial charge in [0.25, 0.3) is 0 Å². The highest BCUT2D eigenvalue weighted by molar-refractivity contribution is 5.45. The molecule has 1 atom stereocenters. The first-order valence-electron chi connectivity index (χ1n) is 4.00. The Labute approximate surface area is 76.8 Å². The van der Waals surface area contributed by atoms with Crippen molar-refractivity contribution in [1.82, 2.24) is 4.98 Å². The number of nitrogens with one attached hydrogen (secondary N) is 1. The molecule has 4 heteroatoms. The van der Waals surface area contributed by atoms with E-state index < -0.39 is 6.10 Å². The molecule has 0 amide bonds. The minimum atomic E-state index is -0.404. The van der Waals surface area contributed by atoms with Crippen molar-refractivity contribution in [3.8, 4) is 6.07 Å². The van der Waals surface area contributed by atoms with E-state index in [2.05, 4.69) is 10.3 Å². The number of pyridine rings is 1. The van der Waals surface area contributed by atoms with Crippen molar-refractivity contribution in [3.05, 3.63) is 24.0 Å². The summed E-state index contributed by atoms with van der Waals surface area (Å²) in [4.78, 5) is 3.82. The van der Waals surface area contributed by atoms with Gasteiger partial charge in [0, 0.05) is 18.4 Å². The summed E-state index contributed by atoms with van der Waals surface area (Å²) in [7, 11) is 0. The van der Waals surface area contributed by atoms with Gasteiger partial charge in [-0.25, -0.2) is 4.98 Å². The second-order valence-electron chi connectivity index (χ2n) is 2.77. The summed E-state index contributed by atoms with van der Waals surface area (Å²) in [6, 6.07) is 5.34. The fourth-order valence-electron chi connectivity index (χ4n) is 0.867. The molecule has 13 heavy (non-hydrogen) atoms. The van der Waals surface area contributed by atoms with E-state index in [0.29, 0.717) is 12.2 Å². The van der Waals surface area contributed by atoms with Crippen LogP contribution in [0.1, 0.15) is 12.6 Å². The Kier molecular flexibility index (Phi) is 3.23. The number of hydrogen-bond acceptors (Lipinski definition) is 4. The number of aliphatic hydroxyl groups is 1. The fraction of sp³-hybridized carbons (Fsp3) is 0.333. The normalized spacial score (nSPS) is 11.8. The molecule has 0 saturated heterocycles. The summed E-state index contributed by atoms with van der Waals surface area (Å²) >= 11 is 0. The zero-order chi connectivity index (χ0) is 9.68. The zero-order valence-corrected chi connectivity index (χ0v) is 7.36. The molecule has 1 heterocycles. The van der Waals surface area contributed by atoms with Gasteiger partial charge in [0.05, 0.1) is 6.10 Å². The predicted molar refractivity (Wildman–Crippen MR) is 49.1 cm³/mol. The van der Waals surface area contributed by atoms with Crippen LogP contribution in [0.25, 0.3) is 0 Å². The van der Waals surface area contributed by atoms with Gasteiger partial charge < -0.3 is 10.4 Å². The van der Waals surface area contributed by atoms with E-state index in [1.165, 1.54) is 0 Å². The first-order chi connectivity index (χ1) is 6.22. The molecule has 2 N–H and O–H groups in total. The minimum absolute atomic E-state index is 0.371. The van der Waals surface area contributed by atoms with Gasteiger partial charge >= 0.3 is 0 Å². The number of aromatic nitrogens is 1. The second kappa shape index (κ2) is 4.43. The first-order valence-corrected chi connectivity index (χ1v) is 4.00. The highest BCUT2D eigenvalue weighted by atomic mass is 16.3. The maximum absolute atomic E-state index is 9.00. The molecule has 1 aromatic rings. The molecule has 68 valence electrons. The molecule has 1 rings (SSSR count). The van der Waals surface area contributed by atoms with E-state index in [1.807, 2.05) is 6.07 Å². The average molecular weight is 177 g/mol. The van der Waals surface area contributed by atoms with Crippen LogP contribution in [-0.2, 0) is 0 Å². The van der Waals surface area contributed by atoms with Crippen LogP contribution in [0.2, 0.25) is 0 Å². The highest BCUT2D eigenvalue weighted by Crippen LogP contribution is 2.06. The quantitative estimate of drug-likeness (QED) is 0.714. The SMILES string of the molecule is CC(O)CNc1ccnc(C#N)c1. The van der Waals surface area contributed by atoms with Crippen LogP contribution in [0.4, 0.5) is 5.69 Å².